The molecule has 1 atom stereocenters. The summed E-state index contributed by atoms with van der Waals surface area (Å²) in [4.78, 5) is 0. The molecule has 0 fully saturated rings. The van der Waals surface area contributed by atoms with Crippen molar-refractivity contribution in [2.75, 3.05) is 10.0 Å². The molecule has 2 heterocycles. The van der Waals surface area contributed by atoms with Gasteiger partial charge in [-0.1, -0.05) is 24.3 Å². The zero-order valence-corrected chi connectivity index (χ0v) is 11.0. The minimum atomic E-state index is 0.334. The van der Waals surface area contributed by atoms with Crippen LogP contribution in [0.5, 0.6) is 0 Å². The Morgan fingerprint density at radius 3 is 3.11 bits per heavy atom. The van der Waals surface area contributed by atoms with E-state index in [1.807, 2.05) is 18.4 Å². The van der Waals surface area contributed by atoms with E-state index in [1.54, 1.807) is 11.9 Å². The number of hydrogen-bond acceptors (Lipinski definition) is 4. The SMILES string of the molecule is NC1=CC2=c3ccc4c(c3NSC2C=C1)NC=CC=4. The molecule has 0 saturated carbocycles. The predicted octanol–water partition coefficient (Wildman–Crippen LogP) is 1.41. The van der Waals surface area contributed by atoms with Crippen molar-refractivity contribution < 1.29 is 0 Å². The van der Waals surface area contributed by atoms with Crippen LogP contribution in [0.3, 0.4) is 0 Å². The third-order valence-corrected chi connectivity index (χ3v) is 4.52. The maximum absolute atomic E-state index is 5.93. The first-order chi connectivity index (χ1) is 9.33. The molecular formula is C15H13N3S. The van der Waals surface area contributed by atoms with Gasteiger partial charge in [-0.2, -0.15) is 0 Å². The van der Waals surface area contributed by atoms with Gasteiger partial charge in [-0.25, -0.2) is 0 Å². The molecule has 4 N–H and O–H groups in total. The van der Waals surface area contributed by atoms with Crippen molar-refractivity contribution in [3.05, 3.63) is 58.8 Å². The van der Waals surface area contributed by atoms with Gasteiger partial charge in [0, 0.05) is 22.3 Å². The van der Waals surface area contributed by atoms with Crippen LogP contribution < -0.4 is 26.2 Å². The molecule has 2 aliphatic heterocycles. The van der Waals surface area contributed by atoms with Gasteiger partial charge in [0.15, 0.2) is 0 Å². The van der Waals surface area contributed by atoms with E-state index in [4.69, 9.17) is 5.73 Å². The summed E-state index contributed by atoms with van der Waals surface area (Å²) in [7, 11) is 0. The summed E-state index contributed by atoms with van der Waals surface area (Å²) in [5, 5.41) is 6.09. The van der Waals surface area contributed by atoms with Gasteiger partial charge in [0.05, 0.1) is 16.6 Å². The Labute approximate surface area is 115 Å². The fourth-order valence-corrected chi connectivity index (χ4v) is 3.55. The van der Waals surface area contributed by atoms with Gasteiger partial charge in [-0.3, -0.25) is 0 Å². The average molecular weight is 267 g/mol. The Morgan fingerprint density at radius 2 is 2.16 bits per heavy atom. The van der Waals surface area contributed by atoms with E-state index in [0.717, 1.165) is 17.1 Å². The molecule has 94 valence electrons. The maximum Gasteiger partial charge on any atom is 0.0761 e. The monoisotopic (exact) mass is 267 g/mol. The summed E-state index contributed by atoms with van der Waals surface area (Å²) >= 11 is 1.71. The van der Waals surface area contributed by atoms with Crippen molar-refractivity contribution in [1.29, 1.82) is 0 Å². The normalized spacial score (nSPS) is 22.2. The van der Waals surface area contributed by atoms with E-state index < -0.39 is 0 Å². The van der Waals surface area contributed by atoms with Crippen LogP contribution in [0.2, 0.25) is 0 Å². The highest BCUT2D eigenvalue weighted by atomic mass is 32.2. The number of fused-ring (bicyclic) bond motifs is 4. The summed E-state index contributed by atoms with van der Waals surface area (Å²) in [6.07, 6.45) is 12.3. The molecule has 0 bridgehead atoms. The summed E-state index contributed by atoms with van der Waals surface area (Å²) in [5.41, 5.74) is 10.3. The fourth-order valence-electron chi connectivity index (χ4n) is 2.61. The van der Waals surface area contributed by atoms with Crippen LogP contribution in [0.4, 0.5) is 11.4 Å². The second-order valence-corrected chi connectivity index (χ2v) is 5.67. The standard InChI is InChI=1S/C15H13N3S/c16-10-4-6-13-12(8-10)11-5-3-9-2-1-7-17-14(9)15(11)18-19-13/h1-8,13,17-18H,16H2. The lowest BCUT2D eigenvalue weighted by Gasteiger charge is -2.26. The number of rotatable bonds is 0. The van der Waals surface area contributed by atoms with Crippen LogP contribution in [0, 0.1) is 0 Å². The highest BCUT2D eigenvalue weighted by molar-refractivity contribution is 8.01. The van der Waals surface area contributed by atoms with Gasteiger partial charge in [0.1, 0.15) is 0 Å². The molecule has 19 heavy (non-hydrogen) atoms. The average Bonchev–Trinajstić information content (AvgIpc) is 2.46. The van der Waals surface area contributed by atoms with Crippen LogP contribution in [0.25, 0.3) is 11.6 Å². The number of nitrogens with one attached hydrogen (secondary N) is 2. The van der Waals surface area contributed by atoms with E-state index in [9.17, 15) is 0 Å². The molecule has 0 spiro atoms. The van der Waals surface area contributed by atoms with Crippen molar-refractivity contribution in [2.45, 2.75) is 5.25 Å². The van der Waals surface area contributed by atoms with Gasteiger partial charge in [-0.05, 0) is 35.7 Å². The molecule has 3 aliphatic rings. The summed E-state index contributed by atoms with van der Waals surface area (Å²) in [6.45, 7) is 0. The number of anilines is 2. The highest BCUT2D eigenvalue weighted by Gasteiger charge is 2.22. The first kappa shape index (κ1) is 10.8. The second kappa shape index (κ2) is 3.96. The molecule has 3 nitrogen and oxygen atoms in total. The van der Waals surface area contributed by atoms with Gasteiger partial charge < -0.3 is 15.8 Å². The van der Waals surface area contributed by atoms with E-state index >= 15 is 0 Å². The molecule has 1 unspecified atom stereocenters. The lowest BCUT2D eigenvalue weighted by Crippen LogP contribution is -2.29. The number of hydrogen-bond donors (Lipinski definition) is 3. The Kier molecular flexibility index (Phi) is 2.26. The Hall–Kier alpha value is -2.07. The first-order valence-corrected chi connectivity index (χ1v) is 7.08. The van der Waals surface area contributed by atoms with Gasteiger partial charge in [0.2, 0.25) is 0 Å². The van der Waals surface area contributed by atoms with E-state index in [-0.39, 0.29) is 0 Å². The summed E-state index contributed by atoms with van der Waals surface area (Å²) in [6, 6.07) is 4.32. The molecule has 4 rings (SSSR count). The highest BCUT2D eigenvalue weighted by Crippen LogP contribution is 2.33. The lowest BCUT2D eigenvalue weighted by atomic mass is 10.00. The van der Waals surface area contributed by atoms with E-state index in [2.05, 4.69) is 40.4 Å². The minimum absolute atomic E-state index is 0.334. The second-order valence-electron chi connectivity index (χ2n) is 4.72. The van der Waals surface area contributed by atoms with Gasteiger partial charge >= 0.3 is 0 Å². The van der Waals surface area contributed by atoms with Crippen molar-refractivity contribution in [1.82, 2.24) is 0 Å². The van der Waals surface area contributed by atoms with Crippen LogP contribution in [0.15, 0.2) is 48.3 Å². The van der Waals surface area contributed by atoms with E-state index in [0.29, 0.717) is 5.25 Å². The smallest absolute Gasteiger partial charge is 0.0761 e. The number of nitrogens with two attached hydrogens (primary N) is 1. The lowest BCUT2D eigenvalue weighted by molar-refractivity contribution is 1.29. The van der Waals surface area contributed by atoms with Crippen LogP contribution >= 0.6 is 11.9 Å². The fraction of sp³-hybridized carbons (Fsp3) is 0.0667. The molecule has 1 aliphatic carbocycles. The van der Waals surface area contributed by atoms with Crippen molar-refractivity contribution in [2.24, 2.45) is 5.73 Å². The minimum Gasteiger partial charge on any atom is -0.399 e. The third kappa shape index (κ3) is 1.60. The molecule has 0 aromatic heterocycles. The van der Waals surface area contributed by atoms with Crippen LogP contribution in [-0.2, 0) is 0 Å². The Morgan fingerprint density at radius 1 is 1.21 bits per heavy atom. The molecular weight excluding hydrogens is 254 g/mol. The molecule has 1 aromatic carbocycles. The Bertz CT molecular complexity index is 771. The van der Waals surface area contributed by atoms with Crippen molar-refractivity contribution in [3.8, 4) is 0 Å². The Balaban J connectivity index is 2.06. The van der Waals surface area contributed by atoms with Gasteiger partial charge in [-0.15, -0.1) is 0 Å². The number of allylic oxidation sites excluding steroid dienone is 3. The topological polar surface area (TPSA) is 50.1 Å². The number of benzene rings is 1. The molecule has 0 radical (unpaired) electrons. The molecule has 1 aromatic rings. The zero-order valence-electron chi connectivity index (χ0n) is 10.2. The molecule has 4 heteroatoms. The third-order valence-electron chi connectivity index (χ3n) is 3.53. The maximum atomic E-state index is 5.93. The summed E-state index contributed by atoms with van der Waals surface area (Å²) < 4.78 is 3.46. The predicted molar refractivity (Wildman–Crippen MR) is 82.7 cm³/mol. The van der Waals surface area contributed by atoms with E-state index in [1.165, 1.54) is 16.0 Å². The van der Waals surface area contributed by atoms with Crippen molar-refractivity contribution >= 4 is 35.0 Å². The first-order valence-electron chi connectivity index (χ1n) is 6.20. The quantitative estimate of drug-likeness (QED) is 0.622. The van der Waals surface area contributed by atoms with Crippen LogP contribution in [0.1, 0.15) is 0 Å². The van der Waals surface area contributed by atoms with Crippen LogP contribution in [-0.4, -0.2) is 5.25 Å². The van der Waals surface area contributed by atoms with Crippen molar-refractivity contribution in [3.63, 3.8) is 0 Å². The molecule has 0 amide bonds. The molecule has 0 saturated heterocycles. The summed E-state index contributed by atoms with van der Waals surface area (Å²) in [5.74, 6) is 0. The largest absolute Gasteiger partial charge is 0.399 e. The zero-order chi connectivity index (χ0) is 12.8. The van der Waals surface area contributed by atoms with Gasteiger partial charge in [0.25, 0.3) is 0 Å².